The lowest BCUT2D eigenvalue weighted by molar-refractivity contribution is -0.123. The van der Waals surface area contributed by atoms with Gasteiger partial charge in [0, 0.05) is 10.0 Å². The van der Waals surface area contributed by atoms with Gasteiger partial charge < -0.3 is 9.47 Å². The molecule has 0 spiro atoms. The van der Waals surface area contributed by atoms with Crippen LogP contribution in [-0.2, 0) is 4.79 Å². The second kappa shape index (κ2) is 8.49. The Hall–Kier alpha value is -2.86. The van der Waals surface area contributed by atoms with Gasteiger partial charge in [-0.1, -0.05) is 58.4 Å². The van der Waals surface area contributed by atoms with Crippen LogP contribution in [-0.4, -0.2) is 25.8 Å². The van der Waals surface area contributed by atoms with Crippen molar-refractivity contribution >= 4 is 38.8 Å². The Labute approximate surface area is 159 Å². The Kier molecular flexibility index (Phi) is 5.86. The van der Waals surface area contributed by atoms with Crippen molar-refractivity contribution in [3.63, 3.8) is 0 Å². The molecule has 0 saturated carbocycles. The van der Waals surface area contributed by atoms with Crippen LogP contribution in [0.5, 0.6) is 11.5 Å². The van der Waals surface area contributed by atoms with Gasteiger partial charge in [-0.25, -0.2) is 5.43 Å². The Morgan fingerprint density at radius 2 is 1.92 bits per heavy atom. The van der Waals surface area contributed by atoms with Crippen molar-refractivity contribution in [2.75, 3.05) is 13.7 Å². The molecule has 26 heavy (non-hydrogen) atoms. The van der Waals surface area contributed by atoms with E-state index in [1.807, 2.05) is 48.5 Å². The third-order valence-electron chi connectivity index (χ3n) is 3.70. The zero-order valence-corrected chi connectivity index (χ0v) is 15.7. The number of hydrogen-bond acceptors (Lipinski definition) is 4. The lowest BCUT2D eigenvalue weighted by atomic mass is 10.1. The predicted octanol–water partition coefficient (Wildman–Crippen LogP) is 4.14. The summed E-state index contributed by atoms with van der Waals surface area (Å²) in [6.45, 7) is -0.162. The molecule has 132 valence electrons. The van der Waals surface area contributed by atoms with Crippen LogP contribution in [0.4, 0.5) is 0 Å². The number of nitrogens with zero attached hydrogens (tertiary/aromatic N) is 1. The van der Waals surface area contributed by atoms with E-state index in [4.69, 9.17) is 9.47 Å². The Bertz CT molecular complexity index is 951. The van der Waals surface area contributed by atoms with E-state index in [1.165, 1.54) is 0 Å². The molecule has 0 aromatic heterocycles. The fourth-order valence-corrected chi connectivity index (χ4v) is 2.81. The average molecular weight is 413 g/mol. The number of fused-ring (bicyclic) bond motifs is 1. The van der Waals surface area contributed by atoms with Crippen LogP contribution < -0.4 is 14.9 Å². The van der Waals surface area contributed by atoms with Crippen molar-refractivity contribution in [3.8, 4) is 11.5 Å². The molecule has 0 aliphatic carbocycles. The maximum atomic E-state index is 11.9. The molecule has 3 rings (SSSR count). The molecule has 1 N–H and O–H groups in total. The first-order chi connectivity index (χ1) is 12.7. The summed E-state index contributed by atoms with van der Waals surface area (Å²) < 4.78 is 11.6. The third kappa shape index (κ3) is 4.40. The molecule has 0 radical (unpaired) electrons. The van der Waals surface area contributed by atoms with Crippen molar-refractivity contribution in [1.82, 2.24) is 5.43 Å². The quantitative estimate of drug-likeness (QED) is 0.488. The van der Waals surface area contributed by atoms with Crippen LogP contribution in [0.1, 0.15) is 5.56 Å². The summed E-state index contributed by atoms with van der Waals surface area (Å²) in [5.41, 5.74) is 3.40. The summed E-state index contributed by atoms with van der Waals surface area (Å²) in [4.78, 5) is 11.9. The molecule has 0 saturated heterocycles. The number of hydrogen-bond donors (Lipinski definition) is 1. The van der Waals surface area contributed by atoms with Gasteiger partial charge in [0.05, 0.1) is 13.3 Å². The van der Waals surface area contributed by atoms with Gasteiger partial charge in [0.25, 0.3) is 5.91 Å². The van der Waals surface area contributed by atoms with Gasteiger partial charge in [0.1, 0.15) is 0 Å². The monoisotopic (exact) mass is 412 g/mol. The molecule has 0 heterocycles. The molecule has 0 aliphatic heterocycles. The second-order valence-electron chi connectivity index (χ2n) is 5.45. The largest absolute Gasteiger partial charge is 0.493 e. The van der Waals surface area contributed by atoms with Crippen molar-refractivity contribution in [3.05, 3.63) is 70.7 Å². The van der Waals surface area contributed by atoms with Gasteiger partial charge in [0.15, 0.2) is 18.1 Å². The normalized spacial score (nSPS) is 10.8. The average Bonchev–Trinajstić information content (AvgIpc) is 2.67. The lowest BCUT2D eigenvalue weighted by Crippen LogP contribution is -2.24. The highest BCUT2D eigenvalue weighted by atomic mass is 79.9. The standard InChI is InChI=1S/C20H17BrN2O3/c1-25-19-11-16(21)9-10-18(19)26-13-20(24)23-22-12-15-7-4-6-14-5-2-3-8-17(14)15/h2-12H,13H2,1H3,(H,23,24). The number of nitrogens with one attached hydrogen (secondary N) is 1. The van der Waals surface area contributed by atoms with E-state index in [2.05, 4.69) is 26.5 Å². The molecular formula is C20H17BrN2O3. The topological polar surface area (TPSA) is 59.9 Å². The number of carbonyl (C=O) groups excluding carboxylic acids is 1. The highest BCUT2D eigenvalue weighted by Crippen LogP contribution is 2.30. The van der Waals surface area contributed by atoms with E-state index < -0.39 is 0 Å². The van der Waals surface area contributed by atoms with Gasteiger partial charge in [-0.05, 0) is 29.0 Å². The van der Waals surface area contributed by atoms with Crippen molar-refractivity contribution in [2.24, 2.45) is 5.10 Å². The molecule has 1 amide bonds. The van der Waals surface area contributed by atoms with Gasteiger partial charge in [-0.3, -0.25) is 4.79 Å². The zero-order chi connectivity index (χ0) is 18.4. The lowest BCUT2D eigenvalue weighted by Gasteiger charge is -2.10. The van der Waals surface area contributed by atoms with Crippen LogP contribution >= 0.6 is 15.9 Å². The van der Waals surface area contributed by atoms with Crippen LogP contribution in [0.3, 0.4) is 0 Å². The van der Waals surface area contributed by atoms with Crippen LogP contribution in [0.15, 0.2) is 70.2 Å². The minimum atomic E-state index is -0.355. The highest BCUT2D eigenvalue weighted by molar-refractivity contribution is 9.10. The van der Waals surface area contributed by atoms with E-state index >= 15 is 0 Å². The van der Waals surface area contributed by atoms with Crippen LogP contribution in [0, 0.1) is 0 Å². The van der Waals surface area contributed by atoms with E-state index in [0.29, 0.717) is 11.5 Å². The second-order valence-corrected chi connectivity index (χ2v) is 6.36. The molecule has 6 heteroatoms. The van der Waals surface area contributed by atoms with Crippen LogP contribution in [0.25, 0.3) is 10.8 Å². The Morgan fingerprint density at radius 3 is 2.77 bits per heavy atom. The van der Waals surface area contributed by atoms with Crippen LogP contribution in [0.2, 0.25) is 0 Å². The minimum Gasteiger partial charge on any atom is -0.493 e. The molecule has 0 bridgehead atoms. The number of amides is 1. The Morgan fingerprint density at radius 1 is 1.12 bits per heavy atom. The summed E-state index contributed by atoms with van der Waals surface area (Å²) in [5.74, 6) is 0.682. The van der Waals surface area contributed by atoms with E-state index in [-0.39, 0.29) is 12.5 Å². The van der Waals surface area contributed by atoms with Crippen molar-refractivity contribution in [2.45, 2.75) is 0 Å². The molecule has 0 aliphatic rings. The van der Waals surface area contributed by atoms with Gasteiger partial charge in [-0.15, -0.1) is 0 Å². The number of benzene rings is 3. The summed E-state index contributed by atoms with van der Waals surface area (Å²) in [6.07, 6.45) is 1.63. The minimum absolute atomic E-state index is 0.162. The van der Waals surface area contributed by atoms with E-state index in [9.17, 15) is 4.79 Å². The molecule has 5 nitrogen and oxygen atoms in total. The number of rotatable bonds is 6. The number of halogens is 1. The summed E-state index contributed by atoms with van der Waals surface area (Å²) in [6, 6.07) is 19.2. The smallest absolute Gasteiger partial charge is 0.277 e. The molecule has 0 atom stereocenters. The summed E-state index contributed by atoms with van der Waals surface area (Å²) >= 11 is 3.36. The fraction of sp³-hybridized carbons (Fsp3) is 0.100. The molecule has 0 fully saturated rings. The van der Waals surface area contributed by atoms with Gasteiger partial charge in [-0.2, -0.15) is 5.10 Å². The predicted molar refractivity (Wildman–Crippen MR) is 106 cm³/mol. The number of ether oxygens (including phenoxy) is 2. The van der Waals surface area contributed by atoms with Gasteiger partial charge >= 0.3 is 0 Å². The fourth-order valence-electron chi connectivity index (χ4n) is 2.47. The van der Waals surface area contributed by atoms with Crippen molar-refractivity contribution < 1.29 is 14.3 Å². The number of carbonyl (C=O) groups is 1. The maximum Gasteiger partial charge on any atom is 0.277 e. The van der Waals surface area contributed by atoms with Crippen molar-refractivity contribution in [1.29, 1.82) is 0 Å². The first kappa shape index (κ1) is 17.9. The molecule has 3 aromatic rings. The molecular weight excluding hydrogens is 396 g/mol. The SMILES string of the molecule is COc1cc(Br)ccc1OCC(=O)NN=Cc1cccc2ccccc12. The Balaban J connectivity index is 1.60. The van der Waals surface area contributed by atoms with Gasteiger partial charge in [0.2, 0.25) is 0 Å². The number of hydrazone groups is 1. The molecule has 3 aromatic carbocycles. The number of methoxy groups -OCH3 is 1. The summed E-state index contributed by atoms with van der Waals surface area (Å²) in [7, 11) is 1.54. The highest BCUT2D eigenvalue weighted by Gasteiger charge is 2.07. The maximum absolute atomic E-state index is 11.9. The summed E-state index contributed by atoms with van der Waals surface area (Å²) in [5, 5.41) is 6.21. The third-order valence-corrected chi connectivity index (χ3v) is 4.19. The first-order valence-corrected chi connectivity index (χ1v) is 8.72. The zero-order valence-electron chi connectivity index (χ0n) is 14.1. The molecule has 0 unspecified atom stereocenters. The van der Waals surface area contributed by atoms with E-state index in [1.54, 1.807) is 25.5 Å². The first-order valence-electron chi connectivity index (χ1n) is 7.93. The van der Waals surface area contributed by atoms with E-state index in [0.717, 1.165) is 20.8 Å².